The lowest BCUT2D eigenvalue weighted by Gasteiger charge is -2.60. The molecular formula is C29H37BrO3. The van der Waals surface area contributed by atoms with Crippen molar-refractivity contribution in [3.05, 3.63) is 69.4 Å². The van der Waals surface area contributed by atoms with E-state index in [-0.39, 0.29) is 17.5 Å². The minimum absolute atomic E-state index is 0.0261. The Morgan fingerprint density at radius 3 is 2.21 bits per heavy atom. The molecule has 1 aromatic rings. The van der Waals surface area contributed by atoms with Gasteiger partial charge in [-0.3, -0.25) is 9.59 Å². The van der Waals surface area contributed by atoms with E-state index in [1.54, 1.807) is 13.2 Å². The molecule has 0 aromatic heterocycles. The van der Waals surface area contributed by atoms with Gasteiger partial charge in [0.1, 0.15) is 11.2 Å². The van der Waals surface area contributed by atoms with E-state index in [0.29, 0.717) is 25.0 Å². The molecule has 4 heteroatoms. The molecular weight excluding hydrogens is 476 g/mol. The smallest absolute Gasteiger partial charge is 0.173 e. The first-order valence-electron chi connectivity index (χ1n) is 11.8. The van der Waals surface area contributed by atoms with Gasteiger partial charge in [-0.1, -0.05) is 65.2 Å². The molecule has 0 amide bonds. The molecule has 1 fully saturated rings. The number of allylic oxidation sites excluding steroid dienone is 6. The fraction of sp³-hybridized carbons (Fsp3) is 0.517. The van der Waals surface area contributed by atoms with Crippen LogP contribution in [-0.2, 0) is 20.7 Å². The zero-order chi connectivity index (χ0) is 24.6. The van der Waals surface area contributed by atoms with Crippen LogP contribution < -0.4 is 0 Å². The summed E-state index contributed by atoms with van der Waals surface area (Å²) in [5, 5.41) is 0. The Bertz CT molecular complexity index is 1020. The van der Waals surface area contributed by atoms with Crippen LogP contribution in [0.3, 0.4) is 0 Å². The van der Waals surface area contributed by atoms with E-state index in [2.05, 4.69) is 67.9 Å². The van der Waals surface area contributed by atoms with Crippen LogP contribution in [-0.4, -0.2) is 18.7 Å². The Morgan fingerprint density at radius 2 is 1.67 bits per heavy atom. The molecule has 1 saturated carbocycles. The molecule has 0 saturated heterocycles. The second-order valence-corrected chi connectivity index (χ2v) is 11.7. The molecule has 0 N–H and O–H groups in total. The molecule has 2 aliphatic rings. The Kier molecular flexibility index (Phi) is 7.29. The van der Waals surface area contributed by atoms with Crippen molar-refractivity contribution in [1.29, 1.82) is 0 Å². The highest BCUT2D eigenvalue weighted by Crippen LogP contribution is 2.65. The average molecular weight is 514 g/mol. The number of ketones is 2. The van der Waals surface area contributed by atoms with Crippen LogP contribution in [0.4, 0.5) is 0 Å². The van der Waals surface area contributed by atoms with Crippen LogP contribution in [0.25, 0.3) is 0 Å². The van der Waals surface area contributed by atoms with E-state index in [4.69, 9.17) is 4.74 Å². The summed E-state index contributed by atoms with van der Waals surface area (Å²) in [6.45, 7) is 12.5. The summed E-state index contributed by atoms with van der Waals surface area (Å²) in [6.07, 6.45) is 8.42. The summed E-state index contributed by atoms with van der Waals surface area (Å²) in [5.41, 5.74) is 1.01. The molecule has 1 aromatic carbocycles. The quantitative estimate of drug-likeness (QED) is 0.282. The van der Waals surface area contributed by atoms with E-state index in [1.165, 1.54) is 5.57 Å². The van der Waals surface area contributed by atoms with Crippen LogP contribution in [0.2, 0.25) is 0 Å². The van der Waals surface area contributed by atoms with Gasteiger partial charge in [-0.2, -0.15) is 0 Å². The van der Waals surface area contributed by atoms with Crippen molar-refractivity contribution in [2.75, 3.05) is 7.11 Å². The van der Waals surface area contributed by atoms with E-state index in [9.17, 15) is 9.59 Å². The largest absolute Gasteiger partial charge is 0.500 e. The van der Waals surface area contributed by atoms with Crippen LogP contribution in [0.5, 0.6) is 0 Å². The van der Waals surface area contributed by atoms with Gasteiger partial charge in [0.15, 0.2) is 11.6 Å². The van der Waals surface area contributed by atoms with Gasteiger partial charge in [0.2, 0.25) is 0 Å². The van der Waals surface area contributed by atoms with Gasteiger partial charge in [-0.25, -0.2) is 0 Å². The molecule has 3 nitrogen and oxygen atoms in total. The zero-order valence-electron chi connectivity index (χ0n) is 21.0. The second kappa shape index (κ2) is 9.37. The fourth-order valence-corrected chi connectivity index (χ4v) is 6.12. The predicted octanol–water partition coefficient (Wildman–Crippen LogP) is 7.41. The minimum atomic E-state index is -1.10. The highest BCUT2D eigenvalue weighted by Gasteiger charge is 2.70. The van der Waals surface area contributed by atoms with Gasteiger partial charge in [-0.15, -0.1) is 0 Å². The molecule has 0 heterocycles. The summed E-state index contributed by atoms with van der Waals surface area (Å²) < 4.78 is 6.81. The van der Waals surface area contributed by atoms with Gasteiger partial charge in [-0.05, 0) is 82.4 Å². The van der Waals surface area contributed by atoms with Crippen molar-refractivity contribution < 1.29 is 14.3 Å². The van der Waals surface area contributed by atoms with Crippen LogP contribution in [0.15, 0.2) is 63.9 Å². The number of carbonyl (C=O) groups is 2. The molecule has 0 spiro atoms. The zero-order valence-corrected chi connectivity index (χ0v) is 22.6. The number of methoxy groups -OCH3 is 1. The lowest BCUT2D eigenvalue weighted by atomic mass is 9.41. The number of hydrogen-bond acceptors (Lipinski definition) is 3. The summed E-state index contributed by atoms with van der Waals surface area (Å²) in [6, 6.07) is 8.12. The number of rotatable bonds is 7. The van der Waals surface area contributed by atoms with Crippen LogP contribution in [0.1, 0.15) is 66.4 Å². The Morgan fingerprint density at radius 1 is 1.06 bits per heavy atom. The molecule has 33 heavy (non-hydrogen) atoms. The maximum atomic E-state index is 14.6. The minimum Gasteiger partial charge on any atom is -0.500 e. The van der Waals surface area contributed by atoms with Crippen molar-refractivity contribution >= 4 is 27.5 Å². The third-order valence-corrected chi connectivity index (χ3v) is 8.49. The monoisotopic (exact) mass is 512 g/mol. The molecule has 178 valence electrons. The number of carbonyl (C=O) groups excluding carboxylic acids is 2. The van der Waals surface area contributed by atoms with E-state index >= 15 is 0 Å². The van der Waals surface area contributed by atoms with Crippen molar-refractivity contribution in [3.63, 3.8) is 0 Å². The van der Waals surface area contributed by atoms with Crippen molar-refractivity contribution in [2.45, 2.75) is 67.2 Å². The SMILES string of the molecule is COC1=CC(=O)[C@]2(CC=C(C)C)C(=O)[C@@]1(Cc1ccc(Br)cc1)C[C@@H](CC=C(C)C)C2(C)C. The van der Waals surface area contributed by atoms with Crippen LogP contribution >= 0.6 is 15.9 Å². The summed E-state index contributed by atoms with van der Waals surface area (Å²) in [7, 11) is 1.59. The third kappa shape index (κ3) is 4.32. The number of halogens is 1. The van der Waals surface area contributed by atoms with E-state index in [0.717, 1.165) is 22.0 Å². The van der Waals surface area contributed by atoms with E-state index < -0.39 is 16.2 Å². The standard InChI is InChI=1S/C29H37BrO3/c1-19(2)8-11-22-18-28(17-21-9-12-23(30)13-10-21)25(33-7)16-24(31)29(26(28)32,27(22,5)6)15-14-20(3)4/h8-10,12-14,16,22H,11,15,17-18H2,1-7H3/t22-,28+,29-/m1/s1. The maximum absolute atomic E-state index is 14.6. The predicted molar refractivity (Wildman–Crippen MR) is 138 cm³/mol. The number of Topliss-reactive ketones (excluding diaryl/α,β-unsaturated/α-hetero) is 1. The number of fused-ring (bicyclic) bond motifs is 2. The fourth-order valence-electron chi connectivity index (χ4n) is 5.85. The number of ether oxygens (including phenoxy) is 1. The Balaban J connectivity index is 2.27. The Labute approximate surface area is 207 Å². The topological polar surface area (TPSA) is 43.4 Å². The first-order valence-corrected chi connectivity index (χ1v) is 12.6. The molecule has 3 rings (SSSR count). The van der Waals surface area contributed by atoms with Gasteiger partial charge >= 0.3 is 0 Å². The maximum Gasteiger partial charge on any atom is 0.173 e. The highest BCUT2D eigenvalue weighted by atomic mass is 79.9. The lowest BCUT2D eigenvalue weighted by molar-refractivity contribution is -0.171. The first-order chi connectivity index (χ1) is 15.4. The van der Waals surface area contributed by atoms with Crippen molar-refractivity contribution in [1.82, 2.24) is 0 Å². The molecule has 2 aliphatic carbocycles. The number of hydrogen-bond donors (Lipinski definition) is 0. The molecule has 2 bridgehead atoms. The lowest BCUT2D eigenvalue weighted by Crippen LogP contribution is -2.66. The summed E-state index contributed by atoms with van der Waals surface area (Å²) in [5.74, 6) is 0.596. The normalized spacial score (nSPS) is 28.1. The third-order valence-electron chi connectivity index (χ3n) is 7.96. The van der Waals surface area contributed by atoms with Gasteiger partial charge in [0.05, 0.1) is 12.5 Å². The van der Waals surface area contributed by atoms with Crippen molar-refractivity contribution in [3.8, 4) is 0 Å². The molecule has 0 aliphatic heterocycles. The van der Waals surface area contributed by atoms with Gasteiger partial charge < -0.3 is 4.74 Å². The Hall–Kier alpha value is -1.94. The molecule has 0 unspecified atom stereocenters. The highest BCUT2D eigenvalue weighted by molar-refractivity contribution is 9.10. The van der Waals surface area contributed by atoms with Crippen molar-refractivity contribution in [2.24, 2.45) is 22.2 Å². The second-order valence-electron chi connectivity index (χ2n) is 10.8. The molecule has 0 radical (unpaired) electrons. The summed E-state index contributed by atoms with van der Waals surface area (Å²) >= 11 is 3.51. The molecule has 3 atom stereocenters. The van der Waals surface area contributed by atoms with Crippen LogP contribution in [0, 0.1) is 22.2 Å². The average Bonchev–Trinajstić information content (AvgIpc) is 2.73. The van der Waals surface area contributed by atoms with E-state index in [1.807, 2.05) is 26.0 Å². The first kappa shape index (κ1) is 25.7. The van der Waals surface area contributed by atoms with Gasteiger partial charge in [0.25, 0.3) is 0 Å². The van der Waals surface area contributed by atoms with Gasteiger partial charge in [0, 0.05) is 10.5 Å². The number of benzene rings is 1. The summed E-state index contributed by atoms with van der Waals surface area (Å²) in [4.78, 5) is 28.4.